The van der Waals surface area contributed by atoms with Crippen molar-refractivity contribution < 1.29 is 14.3 Å². The van der Waals surface area contributed by atoms with Gasteiger partial charge in [0.15, 0.2) is 0 Å². The van der Waals surface area contributed by atoms with Crippen molar-refractivity contribution in [3.8, 4) is 5.75 Å². The molecule has 21 heavy (non-hydrogen) atoms. The van der Waals surface area contributed by atoms with Crippen molar-refractivity contribution in [3.63, 3.8) is 0 Å². The first kappa shape index (κ1) is 15.8. The highest BCUT2D eigenvalue weighted by Crippen LogP contribution is 2.20. The zero-order valence-corrected chi connectivity index (χ0v) is 12.5. The van der Waals surface area contributed by atoms with E-state index in [0.717, 1.165) is 30.9 Å². The number of nitrogens with one attached hydrogen (secondary N) is 1. The third-order valence-electron chi connectivity index (χ3n) is 3.40. The normalized spacial score (nSPS) is 19.2. The lowest BCUT2D eigenvalue weighted by atomic mass is 10.2. The van der Waals surface area contributed by atoms with Crippen molar-refractivity contribution in [2.45, 2.75) is 44.8 Å². The lowest BCUT2D eigenvalue weighted by molar-refractivity contribution is -0.116. The summed E-state index contributed by atoms with van der Waals surface area (Å²) in [6, 6.07) is 7.47. The van der Waals surface area contributed by atoms with Gasteiger partial charge in [0, 0.05) is 30.8 Å². The molecule has 0 aliphatic carbocycles. The molecule has 3 N–H and O–H groups in total. The highest BCUT2D eigenvalue weighted by atomic mass is 16.5. The average molecular weight is 292 g/mol. The van der Waals surface area contributed by atoms with Crippen molar-refractivity contribution in [3.05, 3.63) is 24.3 Å². The Hall–Kier alpha value is -1.59. The topological polar surface area (TPSA) is 73.6 Å². The van der Waals surface area contributed by atoms with Crippen LogP contribution in [-0.2, 0) is 9.53 Å². The maximum Gasteiger partial charge on any atom is 0.224 e. The molecule has 0 aromatic heterocycles. The largest absolute Gasteiger partial charge is 0.491 e. The fourth-order valence-corrected chi connectivity index (χ4v) is 2.21. The molecule has 1 heterocycles. The van der Waals surface area contributed by atoms with Crippen LogP contribution in [0.2, 0.25) is 0 Å². The van der Waals surface area contributed by atoms with E-state index in [-0.39, 0.29) is 18.1 Å². The number of benzene rings is 1. The lowest BCUT2D eigenvalue weighted by Crippen LogP contribution is -2.19. The Bertz CT molecular complexity index is 457. The third kappa shape index (κ3) is 5.73. The number of ether oxygens (including phenoxy) is 2. The van der Waals surface area contributed by atoms with Crippen molar-refractivity contribution in [1.29, 1.82) is 0 Å². The minimum absolute atomic E-state index is 0.0245. The quantitative estimate of drug-likeness (QED) is 0.809. The molecular formula is C16H24N2O3. The molecule has 2 rings (SSSR count). The Kier molecular flexibility index (Phi) is 6.02. The highest BCUT2D eigenvalue weighted by Gasteiger charge is 2.16. The molecule has 116 valence electrons. The van der Waals surface area contributed by atoms with Crippen LogP contribution in [-0.4, -0.2) is 31.3 Å². The summed E-state index contributed by atoms with van der Waals surface area (Å²) in [5.41, 5.74) is 6.39. The summed E-state index contributed by atoms with van der Waals surface area (Å²) in [5.74, 6) is 0.721. The SMILES string of the molecule is CC(N)CCC(=O)Nc1cccc(OCC2CCCO2)c1. The smallest absolute Gasteiger partial charge is 0.224 e. The molecule has 1 aliphatic heterocycles. The number of carbonyl (C=O) groups excluding carboxylic acids is 1. The van der Waals surface area contributed by atoms with E-state index < -0.39 is 0 Å². The summed E-state index contributed by atoms with van der Waals surface area (Å²) >= 11 is 0. The van der Waals surface area contributed by atoms with E-state index in [1.807, 2.05) is 31.2 Å². The van der Waals surface area contributed by atoms with Gasteiger partial charge in [-0.2, -0.15) is 0 Å². The molecule has 5 heteroatoms. The summed E-state index contributed by atoms with van der Waals surface area (Å²) in [5, 5.41) is 2.86. The van der Waals surface area contributed by atoms with E-state index in [4.69, 9.17) is 15.2 Å². The Morgan fingerprint density at radius 2 is 2.43 bits per heavy atom. The summed E-state index contributed by atoms with van der Waals surface area (Å²) in [7, 11) is 0. The Morgan fingerprint density at radius 3 is 3.14 bits per heavy atom. The molecule has 0 radical (unpaired) electrons. The molecule has 5 nitrogen and oxygen atoms in total. The van der Waals surface area contributed by atoms with E-state index in [1.165, 1.54) is 0 Å². The van der Waals surface area contributed by atoms with Gasteiger partial charge in [0.05, 0.1) is 6.10 Å². The Balaban J connectivity index is 1.80. The van der Waals surface area contributed by atoms with E-state index in [2.05, 4.69) is 5.32 Å². The van der Waals surface area contributed by atoms with Crippen LogP contribution >= 0.6 is 0 Å². The maximum atomic E-state index is 11.8. The van der Waals surface area contributed by atoms with Gasteiger partial charge in [-0.05, 0) is 38.3 Å². The zero-order valence-electron chi connectivity index (χ0n) is 12.5. The predicted molar refractivity (Wildman–Crippen MR) is 82.4 cm³/mol. The van der Waals surface area contributed by atoms with Gasteiger partial charge in [-0.3, -0.25) is 4.79 Å². The van der Waals surface area contributed by atoms with Gasteiger partial charge in [0.2, 0.25) is 5.91 Å². The van der Waals surface area contributed by atoms with E-state index in [0.29, 0.717) is 19.4 Å². The fourth-order valence-electron chi connectivity index (χ4n) is 2.21. The van der Waals surface area contributed by atoms with E-state index >= 15 is 0 Å². The van der Waals surface area contributed by atoms with Crippen LogP contribution in [0.3, 0.4) is 0 Å². The van der Waals surface area contributed by atoms with Crippen molar-refractivity contribution in [2.75, 3.05) is 18.5 Å². The summed E-state index contributed by atoms with van der Waals surface area (Å²) < 4.78 is 11.2. The lowest BCUT2D eigenvalue weighted by Gasteiger charge is -2.12. The maximum absolute atomic E-state index is 11.8. The molecule has 1 aromatic carbocycles. The molecule has 1 fully saturated rings. The second-order valence-corrected chi connectivity index (χ2v) is 5.54. The van der Waals surface area contributed by atoms with Crippen LogP contribution in [0.1, 0.15) is 32.6 Å². The Morgan fingerprint density at radius 1 is 1.57 bits per heavy atom. The summed E-state index contributed by atoms with van der Waals surface area (Å²) in [6.45, 7) is 3.28. The summed E-state index contributed by atoms with van der Waals surface area (Å²) in [6.07, 6.45) is 3.45. The standard InChI is InChI=1S/C16H24N2O3/c1-12(17)7-8-16(19)18-13-4-2-5-14(10-13)21-11-15-6-3-9-20-15/h2,4-5,10,12,15H,3,6-9,11,17H2,1H3,(H,18,19). The molecule has 0 spiro atoms. The monoisotopic (exact) mass is 292 g/mol. The van der Waals surface area contributed by atoms with Gasteiger partial charge in [-0.1, -0.05) is 6.07 Å². The Labute approximate surface area is 125 Å². The number of nitrogens with two attached hydrogens (primary N) is 1. The van der Waals surface area contributed by atoms with Gasteiger partial charge < -0.3 is 20.5 Å². The van der Waals surface area contributed by atoms with Gasteiger partial charge in [-0.25, -0.2) is 0 Å². The summed E-state index contributed by atoms with van der Waals surface area (Å²) in [4.78, 5) is 11.8. The first-order chi connectivity index (χ1) is 10.1. The minimum Gasteiger partial charge on any atom is -0.491 e. The highest BCUT2D eigenvalue weighted by molar-refractivity contribution is 5.90. The molecule has 0 saturated carbocycles. The van der Waals surface area contributed by atoms with Gasteiger partial charge in [0.25, 0.3) is 0 Å². The van der Waals surface area contributed by atoms with Crippen LogP contribution in [0.15, 0.2) is 24.3 Å². The second-order valence-electron chi connectivity index (χ2n) is 5.54. The fraction of sp³-hybridized carbons (Fsp3) is 0.562. The van der Waals surface area contributed by atoms with Crippen LogP contribution in [0.25, 0.3) is 0 Å². The molecule has 2 unspecified atom stereocenters. The van der Waals surface area contributed by atoms with E-state index in [9.17, 15) is 4.79 Å². The number of anilines is 1. The molecule has 1 aromatic rings. The number of rotatable bonds is 7. The van der Waals surface area contributed by atoms with Gasteiger partial charge in [0.1, 0.15) is 12.4 Å². The molecule has 2 atom stereocenters. The average Bonchev–Trinajstić information content (AvgIpc) is 2.97. The second kappa shape index (κ2) is 8.00. The van der Waals surface area contributed by atoms with Crippen molar-refractivity contribution in [1.82, 2.24) is 0 Å². The van der Waals surface area contributed by atoms with Crippen LogP contribution < -0.4 is 15.8 Å². The first-order valence-electron chi connectivity index (χ1n) is 7.53. The van der Waals surface area contributed by atoms with Crippen LogP contribution in [0.5, 0.6) is 5.75 Å². The minimum atomic E-state index is -0.0245. The predicted octanol–water partition coefficient (Wildman–Crippen LogP) is 2.31. The zero-order chi connectivity index (χ0) is 15.1. The number of hydrogen-bond acceptors (Lipinski definition) is 4. The molecule has 1 aliphatic rings. The number of amides is 1. The van der Waals surface area contributed by atoms with Crippen LogP contribution in [0.4, 0.5) is 5.69 Å². The number of carbonyl (C=O) groups is 1. The van der Waals surface area contributed by atoms with Crippen LogP contribution in [0, 0.1) is 0 Å². The first-order valence-corrected chi connectivity index (χ1v) is 7.53. The van der Waals surface area contributed by atoms with Crippen molar-refractivity contribution in [2.24, 2.45) is 5.73 Å². The van der Waals surface area contributed by atoms with Crippen molar-refractivity contribution >= 4 is 11.6 Å². The van der Waals surface area contributed by atoms with Gasteiger partial charge in [-0.15, -0.1) is 0 Å². The molecule has 1 saturated heterocycles. The van der Waals surface area contributed by atoms with Gasteiger partial charge >= 0.3 is 0 Å². The number of hydrogen-bond donors (Lipinski definition) is 2. The molecular weight excluding hydrogens is 268 g/mol. The molecule has 0 bridgehead atoms. The third-order valence-corrected chi connectivity index (χ3v) is 3.40. The van der Waals surface area contributed by atoms with E-state index in [1.54, 1.807) is 0 Å². The molecule has 1 amide bonds.